The van der Waals surface area contributed by atoms with Crippen LogP contribution in [0.4, 0.5) is 0 Å². The first kappa shape index (κ1) is 12.4. The van der Waals surface area contributed by atoms with E-state index in [1.165, 1.54) is 57.9 Å². The Morgan fingerprint density at radius 1 is 1.00 bits per heavy atom. The Labute approximate surface area is 101 Å². The van der Waals surface area contributed by atoms with Crippen molar-refractivity contribution in [2.24, 2.45) is 11.3 Å². The molecule has 2 rings (SSSR count). The molecule has 0 heterocycles. The van der Waals surface area contributed by atoms with Crippen LogP contribution in [0, 0.1) is 11.3 Å². The largest absolute Gasteiger partial charge is 0.312 e. The molecule has 1 N–H and O–H groups in total. The predicted octanol–water partition coefficient (Wildman–Crippen LogP) is 4.13. The zero-order valence-electron chi connectivity index (χ0n) is 11.4. The highest BCUT2D eigenvalue weighted by Crippen LogP contribution is 2.55. The van der Waals surface area contributed by atoms with E-state index in [9.17, 15) is 0 Å². The molecular weight excluding hydrogens is 194 g/mol. The van der Waals surface area contributed by atoms with Crippen LogP contribution in [0.25, 0.3) is 0 Å². The molecule has 16 heavy (non-hydrogen) atoms. The van der Waals surface area contributed by atoms with Gasteiger partial charge in [0.15, 0.2) is 0 Å². The van der Waals surface area contributed by atoms with Gasteiger partial charge in [0.2, 0.25) is 0 Å². The van der Waals surface area contributed by atoms with Crippen LogP contribution in [0.15, 0.2) is 0 Å². The predicted molar refractivity (Wildman–Crippen MR) is 70.6 cm³/mol. The Bertz CT molecular complexity index is 214. The molecule has 2 aliphatic carbocycles. The average Bonchev–Trinajstić information content (AvgIpc) is 3.00. The summed E-state index contributed by atoms with van der Waals surface area (Å²) in [6.45, 7) is 8.13. The summed E-state index contributed by atoms with van der Waals surface area (Å²) in [7, 11) is 0. The lowest BCUT2D eigenvalue weighted by Crippen LogP contribution is -2.41. The topological polar surface area (TPSA) is 12.0 Å². The molecule has 0 unspecified atom stereocenters. The molecule has 2 saturated carbocycles. The Balaban J connectivity index is 1.86. The fourth-order valence-corrected chi connectivity index (χ4v) is 3.22. The van der Waals surface area contributed by atoms with E-state index < -0.39 is 0 Å². The molecule has 0 aromatic carbocycles. The van der Waals surface area contributed by atoms with Crippen molar-refractivity contribution in [1.29, 1.82) is 0 Å². The van der Waals surface area contributed by atoms with E-state index in [2.05, 4.69) is 26.1 Å². The van der Waals surface area contributed by atoms with Crippen molar-refractivity contribution in [3.8, 4) is 0 Å². The van der Waals surface area contributed by atoms with E-state index >= 15 is 0 Å². The minimum Gasteiger partial charge on any atom is -0.312 e. The van der Waals surface area contributed by atoms with Gasteiger partial charge in [-0.25, -0.2) is 0 Å². The van der Waals surface area contributed by atoms with Gasteiger partial charge in [-0.3, -0.25) is 0 Å². The first-order chi connectivity index (χ1) is 7.52. The zero-order chi connectivity index (χ0) is 11.6. The lowest BCUT2D eigenvalue weighted by atomic mass is 9.82. The van der Waals surface area contributed by atoms with Crippen LogP contribution in [0.2, 0.25) is 0 Å². The highest BCUT2D eigenvalue weighted by atomic mass is 15.0. The van der Waals surface area contributed by atoms with Gasteiger partial charge in [-0.2, -0.15) is 0 Å². The Morgan fingerprint density at radius 3 is 2.00 bits per heavy atom. The van der Waals surface area contributed by atoms with Gasteiger partial charge in [-0.1, -0.05) is 25.7 Å². The van der Waals surface area contributed by atoms with E-state index in [0.717, 1.165) is 5.92 Å². The molecule has 0 bridgehead atoms. The monoisotopic (exact) mass is 223 g/mol. The summed E-state index contributed by atoms with van der Waals surface area (Å²) in [6.07, 6.45) is 11.9. The Morgan fingerprint density at radius 2 is 1.56 bits per heavy atom. The Hall–Kier alpha value is -0.0400. The maximum Gasteiger partial charge on any atom is 0.00967 e. The van der Waals surface area contributed by atoms with Crippen LogP contribution in [0.5, 0.6) is 0 Å². The average molecular weight is 223 g/mol. The van der Waals surface area contributed by atoms with Crippen molar-refractivity contribution in [1.82, 2.24) is 5.32 Å². The molecule has 2 fully saturated rings. The van der Waals surface area contributed by atoms with Gasteiger partial charge in [-0.15, -0.1) is 0 Å². The minimum absolute atomic E-state index is 0.292. The molecule has 0 aromatic rings. The van der Waals surface area contributed by atoms with Crippen molar-refractivity contribution in [2.75, 3.05) is 6.54 Å². The lowest BCUT2D eigenvalue weighted by Gasteiger charge is -2.30. The van der Waals surface area contributed by atoms with E-state index in [0.29, 0.717) is 11.0 Å². The van der Waals surface area contributed by atoms with Crippen LogP contribution in [-0.4, -0.2) is 12.1 Å². The third kappa shape index (κ3) is 3.23. The molecule has 1 heteroatoms. The number of hydrogen-bond acceptors (Lipinski definition) is 1. The molecule has 94 valence electrons. The van der Waals surface area contributed by atoms with Crippen LogP contribution in [0.3, 0.4) is 0 Å². The molecule has 0 aliphatic heterocycles. The van der Waals surface area contributed by atoms with Crippen molar-refractivity contribution >= 4 is 0 Å². The highest BCUT2D eigenvalue weighted by molar-refractivity contribution is 5.01. The smallest absolute Gasteiger partial charge is 0.00967 e. The summed E-state index contributed by atoms with van der Waals surface area (Å²) in [5, 5.41) is 3.74. The van der Waals surface area contributed by atoms with Gasteiger partial charge < -0.3 is 5.32 Å². The maximum absolute atomic E-state index is 3.74. The number of rotatable bonds is 3. The van der Waals surface area contributed by atoms with Gasteiger partial charge in [0.05, 0.1) is 0 Å². The summed E-state index contributed by atoms with van der Waals surface area (Å²) in [5.41, 5.74) is 0.998. The summed E-state index contributed by atoms with van der Waals surface area (Å²) < 4.78 is 0. The lowest BCUT2D eigenvalue weighted by molar-refractivity contribution is 0.241. The highest BCUT2D eigenvalue weighted by Gasteiger charge is 2.48. The number of nitrogens with one attached hydrogen (secondary N) is 1. The van der Waals surface area contributed by atoms with Crippen LogP contribution >= 0.6 is 0 Å². The van der Waals surface area contributed by atoms with Crippen LogP contribution < -0.4 is 5.32 Å². The first-order valence-electron chi connectivity index (χ1n) is 7.27. The van der Waals surface area contributed by atoms with E-state index in [4.69, 9.17) is 0 Å². The first-order valence-corrected chi connectivity index (χ1v) is 7.27. The minimum atomic E-state index is 0.292. The van der Waals surface area contributed by atoms with Crippen molar-refractivity contribution in [2.45, 2.75) is 77.7 Å². The van der Waals surface area contributed by atoms with Gasteiger partial charge in [-0.05, 0) is 57.8 Å². The normalized spacial score (nSPS) is 26.4. The second-order valence-electron chi connectivity index (χ2n) is 7.15. The Kier molecular flexibility index (Phi) is 3.63. The fraction of sp³-hybridized carbons (Fsp3) is 1.00. The number of hydrogen-bond donors (Lipinski definition) is 1. The van der Waals surface area contributed by atoms with Gasteiger partial charge in [0.25, 0.3) is 0 Å². The molecule has 0 spiro atoms. The second kappa shape index (κ2) is 4.68. The molecule has 2 aliphatic rings. The van der Waals surface area contributed by atoms with Crippen LogP contribution in [0.1, 0.15) is 72.1 Å². The van der Waals surface area contributed by atoms with Crippen LogP contribution in [-0.2, 0) is 0 Å². The third-order valence-electron chi connectivity index (χ3n) is 4.58. The maximum atomic E-state index is 3.74. The summed E-state index contributed by atoms with van der Waals surface area (Å²) >= 11 is 0. The van der Waals surface area contributed by atoms with E-state index in [-0.39, 0.29) is 0 Å². The third-order valence-corrected chi connectivity index (χ3v) is 4.58. The molecule has 0 atom stereocenters. The van der Waals surface area contributed by atoms with Crippen molar-refractivity contribution in [3.63, 3.8) is 0 Å². The van der Waals surface area contributed by atoms with E-state index in [1.807, 2.05) is 0 Å². The zero-order valence-corrected chi connectivity index (χ0v) is 11.4. The standard InChI is InChI=1S/C15H29N/c1-14(2,3)16-12-15(10-11-15)13-8-6-4-5-7-9-13/h13,16H,4-12H2,1-3H3. The molecule has 0 aromatic heterocycles. The summed E-state index contributed by atoms with van der Waals surface area (Å²) in [5.74, 6) is 1.03. The summed E-state index contributed by atoms with van der Waals surface area (Å²) in [6, 6.07) is 0. The van der Waals surface area contributed by atoms with Gasteiger partial charge in [0.1, 0.15) is 0 Å². The van der Waals surface area contributed by atoms with Crippen molar-refractivity contribution in [3.05, 3.63) is 0 Å². The molecule has 0 saturated heterocycles. The second-order valence-corrected chi connectivity index (χ2v) is 7.15. The fourth-order valence-electron chi connectivity index (χ4n) is 3.22. The summed E-state index contributed by atoms with van der Waals surface area (Å²) in [4.78, 5) is 0. The van der Waals surface area contributed by atoms with Gasteiger partial charge >= 0.3 is 0 Å². The van der Waals surface area contributed by atoms with E-state index in [1.54, 1.807) is 0 Å². The molecule has 0 radical (unpaired) electrons. The molecule has 0 amide bonds. The molecule has 1 nitrogen and oxygen atoms in total. The van der Waals surface area contributed by atoms with Gasteiger partial charge in [0, 0.05) is 12.1 Å². The SMILES string of the molecule is CC(C)(C)NCC1(C2CCCCCC2)CC1. The van der Waals surface area contributed by atoms with Crippen molar-refractivity contribution < 1.29 is 0 Å². The quantitative estimate of drug-likeness (QED) is 0.710. The molecular formula is C15H29N.